The van der Waals surface area contributed by atoms with Crippen LogP contribution in [0.1, 0.15) is 11.1 Å². The summed E-state index contributed by atoms with van der Waals surface area (Å²) >= 11 is 0. The molecule has 140 valence electrons. The minimum Gasteiger partial charge on any atom is -0.462 e. The molecule has 2 heterocycles. The summed E-state index contributed by atoms with van der Waals surface area (Å²) in [6, 6.07) is 11.6. The van der Waals surface area contributed by atoms with Crippen molar-refractivity contribution in [3.05, 3.63) is 53.8 Å². The Morgan fingerprint density at radius 3 is 2.56 bits per heavy atom. The van der Waals surface area contributed by atoms with Gasteiger partial charge in [0.1, 0.15) is 0 Å². The highest BCUT2D eigenvalue weighted by Gasteiger charge is 2.17. The molecule has 3 aromatic rings. The first-order valence-electron chi connectivity index (χ1n) is 9.23. The fourth-order valence-corrected chi connectivity index (χ4v) is 3.56. The number of rotatable bonds is 3. The van der Waals surface area contributed by atoms with Crippen LogP contribution in [0.4, 0.5) is 21.9 Å². The van der Waals surface area contributed by atoms with Crippen molar-refractivity contribution in [1.29, 1.82) is 0 Å². The summed E-state index contributed by atoms with van der Waals surface area (Å²) in [5, 5.41) is 10.3. The number of furan rings is 1. The van der Waals surface area contributed by atoms with Gasteiger partial charge in [0.2, 0.25) is 0 Å². The number of hydrogen-bond donors (Lipinski definition) is 3. The fraction of sp³-hybridized carbons (Fsp3) is 0.286. The molecular formula is C21H24N4O2. The molecule has 6 nitrogen and oxygen atoms in total. The summed E-state index contributed by atoms with van der Waals surface area (Å²) in [6.07, 6.45) is 1.69. The van der Waals surface area contributed by atoms with Crippen LogP contribution in [-0.2, 0) is 0 Å². The highest BCUT2D eigenvalue weighted by molar-refractivity contribution is 6.03. The van der Waals surface area contributed by atoms with Gasteiger partial charge in [0.15, 0.2) is 5.58 Å². The standard InChI is InChI=1S/C21H24N4O2/c1-14-4-3-5-15(2)19(14)24-21(26)23-17-12-16-6-11-27-20(16)18(13-17)25-9-7-22-8-10-25/h3-6,11-13,22H,7-10H2,1-2H3,(H2,23,24,26). The third-order valence-corrected chi connectivity index (χ3v) is 4.97. The summed E-state index contributed by atoms with van der Waals surface area (Å²) in [7, 11) is 0. The van der Waals surface area contributed by atoms with Gasteiger partial charge in [0, 0.05) is 42.9 Å². The third-order valence-electron chi connectivity index (χ3n) is 4.97. The van der Waals surface area contributed by atoms with Crippen molar-refractivity contribution in [2.75, 3.05) is 41.7 Å². The third kappa shape index (κ3) is 3.61. The molecule has 0 atom stereocenters. The highest BCUT2D eigenvalue weighted by atomic mass is 16.3. The maximum Gasteiger partial charge on any atom is 0.323 e. The van der Waals surface area contributed by atoms with Gasteiger partial charge in [-0.3, -0.25) is 0 Å². The molecule has 1 aromatic heterocycles. The van der Waals surface area contributed by atoms with E-state index in [1.54, 1.807) is 6.26 Å². The first-order valence-corrected chi connectivity index (χ1v) is 9.23. The van der Waals surface area contributed by atoms with Gasteiger partial charge in [-0.25, -0.2) is 4.79 Å². The van der Waals surface area contributed by atoms with E-state index in [1.807, 2.05) is 50.2 Å². The molecule has 1 fully saturated rings. The van der Waals surface area contributed by atoms with Crippen LogP contribution in [0, 0.1) is 13.8 Å². The number of amides is 2. The number of carbonyl (C=O) groups is 1. The molecule has 0 saturated carbocycles. The molecule has 0 spiro atoms. The van der Waals surface area contributed by atoms with E-state index < -0.39 is 0 Å². The van der Waals surface area contributed by atoms with Crippen LogP contribution in [0.3, 0.4) is 0 Å². The Kier molecular flexibility index (Phi) is 4.73. The van der Waals surface area contributed by atoms with Gasteiger partial charge in [-0.15, -0.1) is 0 Å². The van der Waals surface area contributed by atoms with Gasteiger partial charge >= 0.3 is 6.03 Å². The van der Waals surface area contributed by atoms with Crippen LogP contribution in [0.5, 0.6) is 0 Å². The van der Waals surface area contributed by atoms with Crippen molar-refractivity contribution in [2.45, 2.75) is 13.8 Å². The summed E-state index contributed by atoms with van der Waals surface area (Å²) in [6.45, 7) is 7.67. The molecular weight excluding hydrogens is 340 g/mol. The minimum absolute atomic E-state index is 0.249. The number of para-hydroxylation sites is 1. The molecule has 3 N–H and O–H groups in total. The van der Waals surface area contributed by atoms with E-state index in [-0.39, 0.29) is 6.03 Å². The second-order valence-corrected chi connectivity index (χ2v) is 6.92. The van der Waals surface area contributed by atoms with Crippen molar-refractivity contribution in [3.8, 4) is 0 Å². The predicted octanol–water partition coefficient (Wildman–Crippen LogP) is 4.10. The molecule has 1 saturated heterocycles. The summed E-state index contributed by atoms with van der Waals surface area (Å²) in [5.74, 6) is 0. The maximum absolute atomic E-state index is 12.6. The summed E-state index contributed by atoms with van der Waals surface area (Å²) < 4.78 is 5.70. The van der Waals surface area contributed by atoms with Crippen molar-refractivity contribution < 1.29 is 9.21 Å². The quantitative estimate of drug-likeness (QED) is 0.654. The van der Waals surface area contributed by atoms with Gasteiger partial charge in [0.25, 0.3) is 0 Å². The molecule has 0 radical (unpaired) electrons. The number of nitrogens with one attached hydrogen (secondary N) is 3. The Balaban J connectivity index is 1.59. The molecule has 27 heavy (non-hydrogen) atoms. The monoisotopic (exact) mass is 364 g/mol. The van der Waals surface area contributed by atoms with Crippen LogP contribution in [0.2, 0.25) is 0 Å². The number of urea groups is 1. The molecule has 1 aliphatic heterocycles. The predicted molar refractivity (Wildman–Crippen MR) is 110 cm³/mol. The molecule has 0 aliphatic carbocycles. The molecule has 2 aromatic carbocycles. The Bertz CT molecular complexity index is 953. The van der Waals surface area contributed by atoms with E-state index in [1.165, 1.54) is 0 Å². The average Bonchev–Trinajstić information content (AvgIpc) is 3.13. The maximum atomic E-state index is 12.6. The van der Waals surface area contributed by atoms with Crippen LogP contribution in [-0.4, -0.2) is 32.2 Å². The van der Waals surface area contributed by atoms with Crippen molar-refractivity contribution in [1.82, 2.24) is 5.32 Å². The number of aryl methyl sites for hydroxylation is 2. The van der Waals surface area contributed by atoms with Crippen LogP contribution in [0.25, 0.3) is 11.0 Å². The summed E-state index contributed by atoms with van der Waals surface area (Å²) in [4.78, 5) is 14.9. The lowest BCUT2D eigenvalue weighted by molar-refractivity contribution is 0.262. The number of piperazine rings is 1. The first kappa shape index (κ1) is 17.4. The lowest BCUT2D eigenvalue weighted by Crippen LogP contribution is -2.43. The van der Waals surface area contributed by atoms with Gasteiger partial charge in [-0.2, -0.15) is 0 Å². The van der Waals surface area contributed by atoms with Crippen molar-refractivity contribution in [2.24, 2.45) is 0 Å². The Hall–Kier alpha value is -2.99. The lowest BCUT2D eigenvalue weighted by atomic mass is 10.1. The normalized spacial score (nSPS) is 14.4. The number of hydrogen-bond acceptors (Lipinski definition) is 4. The molecule has 0 bridgehead atoms. The Labute approximate surface area is 158 Å². The molecule has 1 aliphatic rings. The molecule has 4 rings (SSSR count). The highest BCUT2D eigenvalue weighted by Crippen LogP contribution is 2.32. The summed E-state index contributed by atoms with van der Waals surface area (Å²) in [5.41, 5.74) is 5.55. The van der Waals surface area contributed by atoms with E-state index in [0.717, 1.165) is 65.3 Å². The van der Waals surface area contributed by atoms with E-state index in [0.29, 0.717) is 0 Å². The second kappa shape index (κ2) is 7.32. The molecule has 6 heteroatoms. The van der Waals surface area contributed by atoms with E-state index in [4.69, 9.17) is 4.42 Å². The topological polar surface area (TPSA) is 69.5 Å². The van der Waals surface area contributed by atoms with Gasteiger partial charge in [0.05, 0.1) is 12.0 Å². The largest absolute Gasteiger partial charge is 0.462 e. The van der Waals surface area contributed by atoms with E-state index >= 15 is 0 Å². The van der Waals surface area contributed by atoms with Gasteiger partial charge in [-0.05, 0) is 43.2 Å². The van der Waals surface area contributed by atoms with Crippen LogP contribution in [0.15, 0.2) is 47.1 Å². The Morgan fingerprint density at radius 1 is 1.07 bits per heavy atom. The van der Waals surface area contributed by atoms with E-state index in [9.17, 15) is 4.79 Å². The SMILES string of the molecule is Cc1cccc(C)c1NC(=O)Nc1cc(N2CCNCC2)c2occc2c1. The Morgan fingerprint density at radius 2 is 1.81 bits per heavy atom. The van der Waals surface area contributed by atoms with Gasteiger partial charge in [-0.1, -0.05) is 18.2 Å². The number of fused-ring (bicyclic) bond motifs is 1. The zero-order chi connectivity index (χ0) is 18.8. The molecule has 0 unspecified atom stereocenters. The van der Waals surface area contributed by atoms with Crippen molar-refractivity contribution >= 4 is 34.1 Å². The number of benzene rings is 2. The van der Waals surface area contributed by atoms with Crippen LogP contribution < -0.4 is 20.9 Å². The second-order valence-electron chi connectivity index (χ2n) is 6.92. The van der Waals surface area contributed by atoms with E-state index in [2.05, 4.69) is 20.9 Å². The average molecular weight is 364 g/mol. The number of carbonyl (C=O) groups excluding carboxylic acids is 1. The zero-order valence-electron chi connectivity index (χ0n) is 15.6. The fourth-order valence-electron chi connectivity index (χ4n) is 3.56. The van der Waals surface area contributed by atoms with Gasteiger partial charge < -0.3 is 25.3 Å². The number of anilines is 3. The minimum atomic E-state index is -0.249. The number of nitrogens with zero attached hydrogens (tertiary/aromatic N) is 1. The van der Waals surface area contributed by atoms with Crippen molar-refractivity contribution in [3.63, 3.8) is 0 Å². The lowest BCUT2D eigenvalue weighted by Gasteiger charge is -2.29. The first-order chi connectivity index (χ1) is 13.1. The molecule has 2 amide bonds. The smallest absolute Gasteiger partial charge is 0.323 e. The zero-order valence-corrected chi connectivity index (χ0v) is 15.6. The van der Waals surface area contributed by atoms with Crippen LogP contribution >= 0.6 is 0 Å².